The van der Waals surface area contributed by atoms with Gasteiger partial charge in [-0.3, -0.25) is 9.59 Å². The molecule has 1 atom stereocenters. The number of carbonyl (C=O) groups excluding carboxylic acids is 2. The number of aromatic nitrogens is 1. The van der Waals surface area contributed by atoms with E-state index < -0.39 is 5.92 Å². The highest BCUT2D eigenvalue weighted by Crippen LogP contribution is 2.28. The molecule has 1 aliphatic heterocycles. The number of thiophene rings is 1. The molecule has 144 valence electrons. The van der Waals surface area contributed by atoms with Crippen molar-refractivity contribution in [1.29, 1.82) is 0 Å². The van der Waals surface area contributed by atoms with Crippen molar-refractivity contribution >= 4 is 28.9 Å². The summed E-state index contributed by atoms with van der Waals surface area (Å²) in [6.45, 7) is 4.40. The minimum atomic E-state index is -0.474. The Morgan fingerprint density at radius 2 is 2.14 bits per heavy atom. The van der Waals surface area contributed by atoms with Gasteiger partial charge in [0.1, 0.15) is 12.3 Å². The molecule has 0 spiro atoms. The lowest BCUT2D eigenvalue weighted by molar-refractivity contribution is -0.149. The second-order valence-electron chi connectivity index (χ2n) is 6.94. The molecule has 1 amide bonds. The lowest BCUT2D eigenvalue weighted by Gasteiger charge is -2.17. The lowest BCUT2D eigenvalue weighted by Crippen LogP contribution is -2.26. The van der Waals surface area contributed by atoms with E-state index in [1.807, 2.05) is 49.6 Å². The number of aryl methyl sites for hydroxylation is 2. The third-order valence-corrected chi connectivity index (χ3v) is 5.83. The molecule has 28 heavy (non-hydrogen) atoms. The Hall–Kier alpha value is -2.93. The molecular weight excluding hydrogens is 376 g/mol. The van der Waals surface area contributed by atoms with Crippen LogP contribution < -0.4 is 4.90 Å². The monoisotopic (exact) mass is 396 g/mol. The molecule has 0 N–H and O–H groups in total. The summed E-state index contributed by atoms with van der Waals surface area (Å²) in [7, 11) is 0. The summed E-state index contributed by atoms with van der Waals surface area (Å²) >= 11 is 1.55. The molecule has 1 fully saturated rings. The molecule has 0 radical (unpaired) electrons. The molecule has 7 heteroatoms. The van der Waals surface area contributed by atoms with Crippen LogP contribution in [0.1, 0.15) is 23.2 Å². The molecule has 6 nitrogen and oxygen atoms in total. The number of benzene rings is 1. The highest BCUT2D eigenvalue weighted by atomic mass is 32.1. The number of carbonyl (C=O) groups is 2. The molecule has 0 bridgehead atoms. The quantitative estimate of drug-likeness (QED) is 0.607. The van der Waals surface area contributed by atoms with E-state index in [0.717, 1.165) is 16.1 Å². The van der Waals surface area contributed by atoms with Crippen LogP contribution in [0.5, 0.6) is 0 Å². The van der Waals surface area contributed by atoms with Crippen molar-refractivity contribution in [3.8, 4) is 10.6 Å². The number of ether oxygens (including phenoxy) is 1. The summed E-state index contributed by atoms with van der Waals surface area (Å²) in [5.74, 6) is -0.275. The van der Waals surface area contributed by atoms with E-state index in [-0.39, 0.29) is 24.9 Å². The first-order chi connectivity index (χ1) is 13.5. The summed E-state index contributed by atoms with van der Waals surface area (Å²) in [4.78, 5) is 27.5. The Morgan fingerprint density at radius 3 is 2.89 bits per heavy atom. The van der Waals surface area contributed by atoms with Gasteiger partial charge in [0, 0.05) is 24.7 Å². The minimum Gasteiger partial charge on any atom is -0.459 e. The standard InChI is InChI=1S/C21H20N2O4S/c1-13-5-6-17(8-14(13)2)23-11-15(9-20(23)24)21(25)26-12-16-10-18(27-22-16)19-4-3-7-28-19/h3-8,10,15H,9,11-12H2,1-2H3. The van der Waals surface area contributed by atoms with Crippen molar-refractivity contribution in [3.63, 3.8) is 0 Å². The molecule has 1 aromatic carbocycles. The minimum absolute atomic E-state index is 0.0298. The number of rotatable bonds is 5. The maximum Gasteiger partial charge on any atom is 0.311 e. The number of anilines is 1. The van der Waals surface area contributed by atoms with Crippen molar-refractivity contribution in [1.82, 2.24) is 5.16 Å². The van der Waals surface area contributed by atoms with Gasteiger partial charge in [-0.05, 0) is 48.6 Å². The third-order valence-electron chi connectivity index (χ3n) is 4.95. The van der Waals surface area contributed by atoms with Crippen molar-refractivity contribution in [2.24, 2.45) is 5.92 Å². The molecule has 2 aromatic heterocycles. The van der Waals surface area contributed by atoms with Crippen molar-refractivity contribution < 1.29 is 18.8 Å². The predicted octanol–water partition coefficient (Wildman–Crippen LogP) is 4.12. The van der Waals surface area contributed by atoms with Crippen LogP contribution in [0.25, 0.3) is 10.6 Å². The maximum absolute atomic E-state index is 12.4. The van der Waals surface area contributed by atoms with Crippen LogP contribution in [-0.4, -0.2) is 23.6 Å². The van der Waals surface area contributed by atoms with E-state index in [0.29, 0.717) is 18.0 Å². The summed E-state index contributed by atoms with van der Waals surface area (Å²) in [5.41, 5.74) is 3.65. The first kappa shape index (κ1) is 18.4. The lowest BCUT2D eigenvalue weighted by atomic mass is 10.1. The molecule has 3 heterocycles. The SMILES string of the molecule is Cc1ccc(N2CC(C(=O)OCc3cc(-c4cccs4)on3)CC2=O)cc1C. The van der Waals surface area contributed by atoms with Crippen molar-refractivity contribution in [2.75, 3.05) is 11.4 Å². The number of esters is 1. The van der Waals surface area contributed by atoms with Gasteiger partial charge in [-0.15, -0.1) is 11.3 Å². The van der Waals surface area contributed by atoms with Crippen LogP contribution in [0.4, 0.5) is 5.69 Å². The Morgan fingerprint density at radius 1 is 1.29 bits per heavy atom. The second-order valence-corrected chi connectivity index (χ2v) is 7.89. The first-order valence-electron chi connectivity index (χ1n) is 9.05. The van der Waals surface area contributed by atoms with Gasteiger partial charge in [-0.25, -0.2) is 0 Å². The molecule has 0 saturated carbocycles. The van der Waals surface area contributed by atoms with Gasteiger partial charge in [-0.2, -0.15) is 0 Å². The normalized spacial score (nSPS) is 16.6. The largest absolute Gasteiger partial charge is 0.459 e. The van der Waals surface area contributed by atoms with E-state index in [1.165, 1.54) is 5.56 Å². The smallest absolute Gasteiger partial charge is 0.311 e. The van der Waals surface area contributed by atoms with E-state index in [2.05, 4.69) is 5.16 Å². The van der Waals surface area contributed by atoms with E-state index in [4.69, 9.17) is 9.26 Å². The van der Waals surface area contributed by atoms with Crippen molar-refractivity contribution in [2.45, 2.75) is 26.9 Å². The fourth-order valence-corrected chi connectivity index (χ4v) is 3.86. The van der Waals surface area contributed by atoms with Gasteiger partial charge >= 0.3 is 5.97 Å². The first-order valence-corrected chi connectivity index (χ1v) is 9.93. The molecule has 1 unspecified atom stereocenters. The van der Waals surface area contributed by atoms with Crippen molar-refractivity contribution in [3.05, 3.63) is 58.6 Å². The average Bonchev–Trinajstić information content (AvgIpc) is 3.42. The second kappa shape index (κ2) is 7.59. The zero-order valence-corrected chi connectivity index (χ0v) is 16.5. The number of nitrogens with zero attached hydrogens (tertiary/aromatic N) is 2. The van der Waals surface area contributed by atoms with Gasteiger partial charge < -0.3 is 14.2 Å². The van der Waals surface area contributed by atoms with Gasteiger partial charge in [0.05, 0.1) is 10.8 Å². The Balaban J connectivity index is 1.36. The Labute approximate surface area is 166 Å². The van der Waals surface area contributed by atoms with Crippen LogP contribution in [0.3, 0.4) is 0 Å². The highest BCUT2D eigenvalue weighted by Gasteiger charge is 2.36. The molecule has 4 rings (SSSR count). The molecule has 1 saturated heterocycles. The fraction of sp³-hybridized carbons (Fsp3) is 0.286. The summed E-state index contributed by atoms with van der Waals surface area (Å²) in [5, 5.41) is 5.90. The van der Waals surface area contributed by atoms with Gasteiger partial charge in [0.25, 0.3) is 0 Å². The molecule has 3 aromatic rings. The van der Waals surface area contributed by atoms with E-state index in [9.17, 15) is 9.59 Å². The molecule has 1 aliphatic rings. The molecular formula is C21H20N2O4S. The average molecular weight is 396 g/mol. The number of hydrogen-bond donors (Lipinski definition) is 0. The topological polar surface area (TPSA) is 72.6 Å². The van der Waals surface area contributed by atoms with Crippen LogP contribution in [0.2, 0.25) is 0 Å². The highest BCUT2D eigenvalue weighted by molar-refractivity contribution is 7.13. The van der Waals surface area contributed by atoms with Gasteiger partial charge in [-0.1, -0.05) is 17.3 Å². The zero-order valence-electron chi connectivity index (χ0n) is 15.7. The van der Waals surface area contributed by atoms with Crippen LogP contribution in [0.15, 0.2) is 46.3 Å². The summed E-state index contributed by atoms with van der Waals surface area (Å²) in [6.07, 6.45) is 0.158. The van der Waals surface area contributed by atoms with E-state index >= 15 is 0 Å². The predicted molar refractivity (Wildman–Crippen MR) is 106 cm³/mol. The number of hydrogen-bond acceptors (Lipinski definition) is 6. The van der Waals surface area contributed by atoms with Gasteiger partial charge in [0.2, 0.25) is 5.91 Å². The Bertz CT molecular complexity index is 1010. The Kier molecular flexibility index (Phi) is 5.00. The maximum atomic E-state index is 12.4. The number of amides is 1. The van der Waals surface area contributed by atoms with Crippen LogP contribution in [-0.2, 0) is 20.9 Å². The van der Waals surface area contributed by atoms with Crippen LogP contribution in [0, 0.1) is 19.8 Å². The van der Waals surface area contributed by atoms with Gasteiger partial charge in [0.15, 0.2) is 5.76 Å². The third kappa shape index (κ3) is 3.71. The fourth-order valence-electron chi connectivity index (χ4n) is 3.19. The van der Waals surface area contributed by atoms with Crippen LogP contribution >= 0.6 is 11.3 Å². The summed E-state index contributed by atoms with van der Waals surface area (Å²) in [6, 6.07) is 11.5. The molecule has 0 aliphatic carbocycles. The van der Waals surface area contributed by atoms with E-state index in [1.54, 1.807) is 22.3 Å². The summed E-state index contributed by atoms with van der Waals surface area (Å²) < 4.78 is 10.7. The zero-order chi connectivity index (χ0) is 19.7.